The number of nitrogens with two attached hydrogens (primary N) is 1. The van der Waals surface area contributed by atoms with Gasteiger partial charge < -0.3 is 21.0 Å². The van der Waals surface area contributed by atoms with E-state index < -0.39 is 29.2 Å². The summed E-state index contributed by atoms with van der Waals surface area (Å²) >= 11 is 2.63. The molecule has 1 fully saturated rings. The molecule has 4 N–H and O–H groups in total. The monoisotopic (exact) mass is 533 g/mol. The third kappa shape index (κ3) is 5.13. The molecule has 0 saturated carbocycles. The van der Waals surface area contributed by atoms with E-state index in [-0.39, 0.29) is 29.0 Å². The van der Waals surface area contributed by atoms with Crippen molar-refractivity contribution in [3.8, 4) is 0 Å². The summed E-state index contributed by atoms with van der Waals surface area (Å²) in [6.07, 6.45) is -0.305. The zero-order valence-corrected chi connectivity index (χ0v) is 21.1. The number of nitrogens with one attached hydrogen (secondary N) is 1. The molecule has 1 saturated heterocycles. The summed E-state index contributed by atoms with van der Waals surface area (Å²) in [6, 6.07) is 3.78. The lowest BCUT2D eigenvalue weighted by atomic mass is 10.0. The molecule has 0 spiro atoms. The van der Waals surface area contributed by atoms with Gasteiger partial charge in [-0.1, -0.05) is 23.0 Å². The number of thioether (sulfide) groups is 2. The zero-order valence-electron chi connectivity index (χ0n) is 19.5. The minimum Gasteiger partial charge on any atom is -0.477 e. The number of β-lactam (4-membered cyclic amide) rings is 1. The SMILES string of the molecule is CC(C)ON=C(C(=O)NC1C(=O)N2C(C(=O)O)=C(CSc3nnnn3C)CS[C@@H]12)c1cccc(N)n1. The molecule has 2 aromatic rings. The van der Waals surface area contributed by atoms with Gasteiger partial charge in [-0.15, -0.1) is 16.9 Å². The number of carboxylic acid groups (broad SMARTS) is 1. The molecule has 14 nitrogen and oxygen atoms in total. The third-order valence-corrected chi connectivity index (χ3v) is 7.51. The van der Waals surface area contributed by atoms with Crippen LogP contribution in [0, 0.1) is 0 Å². The van der Waals surface area contributed by atoms with Crippen LogP contribution in [0.3, 0.4) is 0 Å². The van der Waals surface area contributed by atoms with Gasteiger partial charge in [-0.2, -0.15) is 0 Å². The summed E-state index contributed by atoms with van der Waals surface area (Å²) in [5.41, 5.74) is 6.24. The van der Waals surface area contributed by atoms with Crippen molar-refractivity contribution in [2.75, 3.05) is 17.2 Å². The molecular weight excluding hydrogens is 510 g/mol. The van der Waals surface area contributed by atoms with Crippen molar-refractivity contribution >= 4 is 52.8 Å². The first-order chi connectivity index (χ1) is 17.2. The van der Waals surface area contributed by atoms with Gasteiger partial charge >= 0.3 is 5.97 Å². The Hall–Kier alpha value is -3.66. The topological polar surface area (TPSA) is 191 Å². The van der Waals surface area contributed by atoms with Crippen LogP contribution in [0.4, 0.5) is 5.82 Å². The third-order valence-electron chi connectivity index (χ3n) is 5.08. The smallest absolute Gasteiger partial charge is 0.352 e. The molecule has 4 rings (SSSR count). The Morgan fingerprint density at radius 2 is 2.19 bits per heavy atom. The Bertz CT molecular complexity index is 1260. The van der Waals surface area contributed by atoms with Crippen LogP contribution in [0.15, 0.2) is 39.8 Å². The number of pyridine rings is 1. The second-order valence-corrected chi connectivity index (χ2v) is 10.1. The maximum atomic E-state index is 13.1. The van der Waals surface area contributed by atoms with E-state index in [1.807, 2.05) is 0 Å². The number of oxime groups is 1. The van der Waals surface area contributed by atoms with Gasteiger partial charge in [0.15, 0.2) is 5.71 Å². The van der Waals surface area contributed by atoms with Crippen molar-refractivity contribution in [2.24, 2.45) is 12.2 Å². The molecule has 0 aliphatic carbocycles. The van der Waals surface area contributed by atoms with Crippen molar-refractivity contribution in [3.63, 3.8) is 0 Å². The number of carbonyl (C=O) groups excluding carboxylic acids is 2. The number of carbonyl (C=O) groups is 3. The number of aryl methyl sites for hydroxylation is 1. The van der Waals surface area contributed by atoms with Gasteiger partial charge in [0.1, 0.15) is 34.7 Å². The Kier molecular flexibility index (Phi) is 7.44. The Balaban J connectivity index is 1.51. The van der Waals surface area contributed by atoms with Crippen molar-refractivity contribution in [2.45, 2.75) is 36.5 Å². The first-order valence-corrected chi connectivity index (χ1v) is 12.7. The van der Waals surface area contributed by atoms with Crippen LogP contribution in [-0.4, -0.2) is 87.7 Å². The lowest BCUT2D eigenvalue weighted by molar-refractivity contribution is -0.150. The minimum atomic E-state index is -1.22. The molecule has 2 aliphatic rings. The lowest BCUT2D eigenvalue weighted by Gasteiger charge is -2.49. The summed E-state index contributed by atoms with van der Waals surface area (Å²) in [5, 5.41) is 27.5. The highest BCUT2D eigenvalue weighted by Gasteiger charge is 2.54. The molecular formula is C20H23N9O5S2. The maximum Gasteiger partial charge on any atom is 0.352 e. The number of nitrogens with zero attached hydrogens (tertiary/aromatic N) is 7. The molecule has 2 atom stereocenters. The summed E-state index contributed by atoms with van der Waals surface area (Å²) in [5.74, 6) is -1.61. The van der Waals surface area contributed by atoms with Crippen LogP contribution in [0.2, 0.25) is 0 Å². The molecule has 36 heavy (non-hydrogen) atoms. The largest absolute Gasteiger partial charge is 0.477 e. The fourth-order valence-electron chi connectivity index (χ4n) is 3.45. The molecule has 0 radical (unpaired) electrons. The first-order valence-electron chi connectivity index (χ1n) is 10.7. The summed E-state index contributed by atoms with van der Waals surface area (Å²) in [7, 11) is 1.68. The highest BCUT2D eigenvalue weighted by molar-refractivity contribution is 8.01. The van der Waals surface area contributed by atoms with Gasteiger partial charge in [0.05, 0.1) is 0 Å². The summed E-state index contributed by atoms with van der Waals surface area (Å²) < 4.78 is 1.47. The van der Waals surface area contributed by atoms with Crippen molar-refractivity contribution in [1.29, 1.82) is 0 Å². The predicted molar refractivity (Wildman–Crippen MR) is 131 cm³/mol. The number of fused-ring (bicyclic) bond motifs is 1. The van der Waals surface area contributed by atoms with Crippen LogP contribution < -0.4 is 11.1 Å². The number of hydrogen-bond acceptors (Lipinski definition) is 12. The van der Waals surface area contributed by atoms with E-state index in [1.165, 1.54) is 33.1 Å². The molecule has 16 heteroatoms. The molecule has 2 aromatic heterocycles. The maximum absolute atomic E-state index is 13.1. The molecule has 0 bridgehead atoms. The van der Waals surface area contributed by atoms with Crippen molar-refractivity contribution in [1.82, 2.24) is 35.4 Å². The molecule has 0 aromatic carbocycles. The standard InChI is InChI=1S/C20H23N9O5S2/c1-9(2)34-25-13(11-5-4-6-12(21)22-11)16(30)23-14-17(31)29-15(19(32)33)10(7-35-18(14)29)8-36-20-24-26-27-28(20)3/h4-6,9,14,18H,7-8H2,1-3H3,(H2,21,22)(H,23,30)(H,32,33)/t14?,18-/m0/s1. The van der Waals surface area contributed by atoms with E-state index >= 15 is 0 Å². The van der Waals surface area contributed by atoms with E-state index in [1.54, 1.807) is 39.1 Å². The van der Waals surface area contributed by atoms with E-state index in [0.717, 1.165) is 0 Å². The van der Waals surface area contributed by atoms with Crippen LogP contribution in [0.1, 0.15) is 19.5 Å². The highest BCUT2D eigenvalue weighted by Crippen LogP contribution is 2.41. The number of nitrogen functional groups attached to an aromatic ring is 1. The van der Waals surface area contributed by atoms with Gasteiger partial charge in [-0.25, -0.2) is 14.5 Å². The minimum absolute atomic E-state index is 0.0913. The number of aliphatic carboxylic acids is 1. The van der Waals surface area contributed by atoms with Gasteiger partial charge in [0.2, 0.25) is 5.16 Å². The van der Waals surface area contributed by atoms with Crippen LogP contribution in [-0.2, 0) is 26.3 Å². The van der Waals surface area contributed by atoms with E-state index in [4.69, 9.17) is 10.6 Å². The molecule has 4 heterocycles. The number of tetrazole rings is 1. The number of amides is 2. The molecule has 2 aliphatic heterocycles. The average Bonchev–Trinajstić information content (AvgIpc) is 3.24. The van der Waals surface area contributed by atoms with Crippen molar-refractivity contribution in [3.05, 3.63) is 35.2 Å². The van der Waals surface area contributed by atoms with E-state index in [9.17, 15) is 19.5 Å². The van der Waals surface area contributed by atoms with Crippen molar-refractivity contribution < 1.29 is 24.3 Å². The number of carboxylic acids is 1. The second kappa shape index (κ2) is 10.5. The Labute approximate surface area is 213 Å². The van der Waals surface area contributed by atoms with Crippen LogP contribution >= 0.6 is 23.5 Å². The van der Waals surface area contributed by atoms with E-state index in [2.05, 4.69) is 31.0 Å². The van der Waals surface area contributed by atoms with Gasteiger partial charge in [-0.05, 0) is 42.0 Å². The first kappa shape index (κ1) is 25.4. The fraction of sp³-hybridized carbons (Fsp3) is 0.400. The quantitative estimate of drug-likeness (QED) is 0.167. The predicted octanol–water partition coefficient (Wildman–Crippen LogP) is -0.153. The lowest BCUT2D eigenvalue weighted by Crippen LogP contribution is -2.71. The number of hydrogen-bond donors (Lipinski definition) is 3. The normalized spacial score (nSPS) is 19.7. The number of anilines is 1. The van der Waals surface area contributed by atoms with Gasteiger partial charge in [0, 0.05) is 18.6 Å². The Morgan fingerprint density at radius 3 is 2.83 bits per heavy atom. The molecule has 1 unspecified atom stereocenters. The Morgan fingerprint density at radius 1 is 1.42 bits per heavy atom. The molecule has 190 valence electrons. The number of rotatable bonds is 9. The van der Waals surface area contributed by atoms with Crippen LogP contribution in [0.25, 0.3) is 0 Å². The van der Waals surface area contributed by atoms with Gasteiger partial charge in [0.25, 0.3) is 11.8 Å². The fourth-order valence-corrected chi connectivity index (χ4v) is 5.78. The molecule has 2 amide bonds. The van der Waals surface area contributed by atoms with Gasteiger partial charge in [-0.3, -0.25) is 14.5 Å². The van der Waals surface area contributed by atoms with E-state index in [0.29, 0.717) is 22.2 Å². The average molecular weight is 534 g/mol. The summed E-state index contributed by atoms with van der Waals surface area (Å²) in [6.45, 7) is 3.49. The summed E-state index contributed by atoms with van der Waals surface area (Å²) in [4.78, 5) is 48.8. The zero-order chi connectivity index (χ0) is 26.0. The highest BCUT2D eigenvalue weighted by atomic mass is 32.2. The van der Waals surface area contributed by atoms with Crippen LogP contribution in [0.5, 0.6) is 0 Å². The number of aromatic nitrogens is 5. The second-order valence-electron chi connectivity index (χ2n) is 8.03.